The molecule has 28 nitrogen and oxygen atoms in total. The maximum Gasteiger partial charge on any atom is 0.338 e. The molecule has 0 aromatic heterocycles. The second-order valence-corrected chi connectivity index (χ2v) is 27.9. The second kappa shape index (κ2) is 51.3. The van der Waals surface area contributed by atoms with Gasteiger partial charge in [-0.05, 0) is 71.9 Å². The Morgan fingerprint density at radius 3 is 0.822 bits per heavy atom. The van der Waals surface area contributed by atoms with Gasteiger partial charge in [-0.15, -0.1) is 0 Å². The molecule has 3 aromatic rings. The monoisotopic (exact) mass is 1510 g/mol. The fraction of sp³-hybridized carbons (Fsp3) is 0.696. The number of nitrogens with one attached hydrogen (secondary N) is 3. The maximum atomic E-state index is 12.7. The summed E-state index contributed by atoms with van der Waals surface area (Å²) in [5, 5.41) is 8.45. The highest BCUT2D eigenvalue weighted by molar-refractivity contribution is 5.90. The van der Waals surface area contributed by atoms with Crippen LogP contribution in [0.3, 0.4) is 0 Å². The molecule has 107 heavy (non-hydrogen) atoms. The van der Waals surface area contributed by atoms with Crippen LogP contribution >= 0.6 is 0 Å². The first-order valence-electron chi connectivity index (χ1n) is 38.0. The van der Waals surface area contributed by atoms with Gasteiger partial charge in [-0.3, -0.25) is 14.4 Å². The van der Waals surface area contributed by atoms with Crippen LogP contribution in [0.2, 0.25) is 0 Å². The van der Waals surface area contributed by atoms with Crippen molar-refractivity contribution in [3.8, 4) is 0 Å². The van der Waals surface area contributed by atoms with Gasteiger partial charge in [0.2, 0.25) is 17.7 Å². The van der Waals surface area contributed by atoms with E-state index in [-0.39, 0.29) is 207 Å². The molecule has 0 saturated carbocycles. The largest absolute Gasteiger partial charge is 0.459 e. The van der Waals surface area contributed by atoms with Crippen molar-refractivity contribution in [3.63, 3.8) is 0 Å². The molecule has 6 rings (SSSR count). The molecule has 28 heteroatoms. The fourth-order valence-electron chi connectivity index (χ4n) is 12.2. The zero-order chi connectivity index (χ0) is 77.0. The van der Waals surface area contributed by atoms with E-state index in [1.54, 1.807) is 72.8 Å². The summed E-state index contributed by atoms with van der Waals surface area (Å²) in [5.41, 5.74) is 7.03. The topological polar surface area (TPSA) is 331 Å². The van der Waals surface area contributed by atoms with E-state index < -0.39 is 42.3 Å². The van der Waals surface area contributed by atoms with E-state index in [2.05, 4.69) is 78.3 Å². The van der Waals surface area contributed by atoms with Crippen LogP contribution in [-0.4, -0.2) is 257 Å². The molecule has 0 spiro atoms. The van der Waals surface area contributed by atoms with Crippen molar-refractivity contribution in [2.75, 3.05) is 178 Å². The summed E-state index contributed by atoms with van der Waals surface area (Å²) in [6, 6.07) is 26.6. The van der Waals surface area contributed by atoms with Crippen molar-refractivity contribution in [2.45, 2.75) is 124 Å². The lowest BCUT2D eigenvalue weighted by molar-refractivity contribution is -0.256. The Labute approximate surface area is 632 Å². The number of rotatable bonds is 54. The second-order valence-electron chi connectivity index (χ2n) is 27.9. The van der Waals surface area contributed by atoms with E-state index in [1.165, 1.54) is 0 Å². The summed E-state index contributed by atoms with van der Waals surface area (Å²) in [7, 11) is 0. The number of nitrogens with two attached hydrogens (primary N) is 1. The Morgan fingerprint density at radius 1 is 0.318 bits per heavy atom. The summed E-state index contributed by atoms with van der Waals surface area (Å²) in [6.45, 7) is 24.7. The van der Waals surface area contributed by atoms with E-state index in [1.807, 2.05) is 18.2 Å². The number of ether oxygens (including phenoxy) is 18. The third-order valence-corrected chi connectivity index (χ3v) is 20.1. The Morgan fingerprint density at radius 2 is 0.561 bits per heavy atom. The fourth-order valence-corrected chi connectivity index (χ4v) is 12.2. The van der Waals surface area contributed by atoms with Gasteiger partial charge in [-0.25, -0.2) is 14.4 Å². The van der Waals surface area contributed by atoms with Crippen LogP contribution in [-0.2, 0) is 99.6 Å². The van der Waals surface area contributed by atoms with Crippen LogP contribution in [0.15, 0.2) is 91.0 Å². The molecule has 5 N–H and O–H groups in total. The number of hydrogen-bond donors (Lipinski definition) is 4. The Balaban J connectivity index is 0.803. The lowest BCUT2D eigenvalue weighted by atomic mass is 9.79. The van der Waals surface area contributed by atoms with Gasteiger partial charge in [0.15, 0.2) is 18.9 Å². The highest BCUT2D eigenvalue weighted by atomic mass is 16.7. The first-order valence-corrected chi connectivity index (χ1v) is 38.0. The lowest BCUT2D eigenvalue weighted by Crippen LogP contribution is -2.53. The van der Waals surface area contributed by atoms with Crippen LogP contribution in [0.1, 0.15) is 113 Å². The van der Waals surface area contributed by atoms with Gasteiger partial charge in [0.05, 0.1) is 179 Å². The molecule has 15 atom stereocenters. The molecule has 0 bridgehead atoms. The number of amides is 3. The third kappa shape index (κ3) is 33.9. The summed E-state index contributed by atoms with van der Waals surface area (Å²) >= 11 is 0. The zero-order valence-corrected chi connectivity index (χ0v) is 64.4. The van der Waals surface area contributed by atoms with E-state index in [0.717, 1.165) is 0 Å². The molecule has 3 aliphatic heterocycles. The molecular weight excluding hydrogens is 1390 g/mol. The quantitative estimate of drug-likeness (QED) is 0.0254. The van der Waals surface area contributed by atoms with Crippen LogP contribution in [0.5, 0.6) is 0 Å². The summed E-state index contributed by atoms with van der Waals surface area (Å²) in [5.74, 6) is -0.296. The van der Waals surface area contributed by atoms with Crippen LogP contribution in [0.25, 0.3) is 0 Å². The summed E-state index contributed by atoms with van der Waals surface area (Å²) in [6.07, 6.45) is -2.22. The van der Waals surface area contributed by atoms with Gasteiger partial charge in [0.1, 0.15) is 19.8 Å². The molecule has 3 amide bonds. The van der Waals surface area contributed by atoms with Gasteiger partial charge in [0, 0.05) is 56.7 Å². The van der Waals surface area contributed by atoms with Gasteiger partial charge in [-0.2, -0.15) is 0 Å². The van der Waals surface area contributed by atoms with Crippen LogP contribution in [0, 0.1) is 53.3 Å². The molecule has 3 fully saturated rings. The van der Waals surface area contributed by atoms with Gasteiger partial charge < -0.3 is 107 Å². The van der Waals surface area contributed by atoms with Crippen LogP contribution < -0.4 is 21.7 Å². The number of carbonyl (C=O) groups is 6. The highest BCUT2D eigenvalue weighted by Crippen LogP contribution is 2.38. The Bertz CT molecular complexity index is 2640. The lowest BCUT2D eigenvalue weighted by Gasteiger charge is -2.43. The molecule has 602 valence electrons. The Hall–Kier alpha value is -6.16. The normalized spacial score (nSPS) is 24.9. The smallest absolute Gasteiger partial charge is 0.338 e. The van der Waals surface area contributed by atoms with E-state index in [4.69, 9.17) is 91.0 Å². The number of benzene rings is 3. The first-order chi connectivity index (χ1) is 51.7. The molecule has 0 radical (unpaired) electrons. The molecule has 6 unspecified atom stereocenters. The van der Waals surface area contributed by atoms with Gasteiger partial charge >= 0.3 is 17.9 Å². The van der Waals surface area contributed by atoms with Crippen molar-refractivity contribution in [1.29, 1.82) is 0 Å². The highest BCUT2D eigenvalue weighted by Gasteiger charge is 2.43. The zero-order valence-electron chi connectivity index (χ0n) is 64.4. The van der Waals surface area contributed by atoms with Crippen LogP contribution in [0.4, 0.5) is 0 Å². The molecule has 3 aliphatic rings. The molecule has 3 saturated heterocycles. The minimum Gasteiger partial charge on any atom is -0.459 e. The predicted molar refractivity (Wildman–Crippen MR) is 394 cm³/mol. The van der Waals surface area contributed by atoms with Crippen molar-refractivity contribution in [2.24, 2.45) is 59.0 Å². The van der Waals surface area contributed by atoms with Crippen molar-refractivity contribution < 1.29 is 114 Å². The molecule has 3 aromatic carbocycles. The van der Waals surface area contributed by atoms with E-state index in [9.17, 15) is 28.8 Å². The molecular formula is C79H122N4O24. The number of hydrogen-bond acceptors (Lipinski definition) is 25. The average Bonchev–Trinajstić information content (AvgIpc) is 0.826. The molecule has 0 aliphatic carbocycles. The minimum atomic E-state index is -1.20. The summed E-state index contributed by atoms with van der Waals surface area (Å²) in [4.78, 5) is 75.9. The van der Waals surface area contributed by atoms with Gasteiger partial charge in [0.25, 0.3) is 0 Å². The van der Waals surface area contributed by atoms with E-state index >= 15 is 0 Å². The average molecular weight is 1510 g/mol. The van der Waals surface area contributed by atoms with Crippen molar-refractivity contribution in [1.82, 2.24) is 16.0 Å². The van der Waals surface area contributed by atoms with Crippen molar-refractivity contribution >= 4 is 35.6 Å². The first kappa shape index (κ1) is 89.7. The van der Waals surface area contributed by atoms with E-state index in [0.29, 0.717) is 96.0 Å². The van der Waals surface area contributed by atoms with Crippen molar-refractivity contribution in [3.05, 3.63) is 108 Å². The maximum absolute atomic E-state index is 12.7. The number of esters is 3. The third-order valence-electron chi connectivity index (χ3n) is 20.1. The van der Waals surface area contributed by atoms with Gasteiger partial charge in [-0.1, -0.05) is 117 Å². The standard InChI is InChI=1S/C79H122N4O24/c1-55-58(4)67(49-102-73(87)64-19-13-10-14-20-64)105-76(61(55)7)99-46-43-93-40-37-90-34-28-81-70(84)25-31-96-52-79(80,53-97-32-26-71(85)82-29-35-91-38-41-94-44-47-100-77-62(8)56(2)59(5)68(106-77)50-103-74(88)65-21-15-11-16-22-65)54-98-33-27-72(86)83-30-36-92-39-42-95-45-48-101-78-63(9)57(3)60(6)69(107-78)51-104-75(89)66-23-17-12-18-24-66/h10-24,55-63,67-69,76-78H,25-54,80H2,1-9H3,(H,81,84)(H,82,85)(H,83,86)/t55-,56-,57-,58-,59-,60-,61?,62?,63?,67?,68?,69?,76+,77+,78+,79?/m0/s1. The number of carbonyl (C=O) groups excluding carboxylic acids is 6. The minimum absolute atomic E-state index is 0.0439. The molecule has 3 heterocycles. The predicted octanol–water partition coefficient (Wildman–Crippen LogP) is 6.87. The summed E-state index contributed by atoms with van der Waals surface area (Å²) < 4.78 is 106. The SMILES string of the molecule is CC1[C@H](OCCOCCOCCNC(=O)CCOCC(N)(COCCC(=O)NCCOCCOCCO[C@@H]2OC(COC(=O)c3ccccc3)[C@@H](C)[C@H](C)C2C)COCCC(=O)NCCOCCOCCO[C@@H]2OC(COC(=O)c3ccccc3)[C@@H](C)[C@H](C)C2C)OC(COC(=O)c2ccccc2)[C@@H](C)[C@@H]1C. The Kier molecular flexibility index (Phi) is 43.1.